The number of alkyl halides is 3. The van der Waals surface area contributed by atoms with Gasteiger partial charge in [0.05, 0.1) is 16.2 Å². The molecule has 120 valence electrons. The van der Waals surface area contributed by atoms with Crippen LogP contribution >= 0.6 is 11.6 Å². The highest BCUT2D eigenvalue weighted by Gasteiger charge is 2.36. The minimum atomic E-state index is -4.80. The molecule has 2 rings (SSSR count). The van der Waals surface area contributed by atoms with E-state index in [1.807, 2.05) is 0 Å². The van der Waals surface area contributed by atoms with Gasteiger partial charge in [0, 0.05) is 17.7 Å². The lowest BCUT2D eigenvalue weighted by Crippen LogP contribution is -2.12. The number of nitro benzene ring substituents is 1. The number of benzene rings is 2. The summed E-state index contributed by atoms with van der Waals surface area (Å²) >= 11 is 5.82. The number of nitrogens with zero attached hydrogens (tertiary/aromatic N) is 2. The van der Waals surface area contributed by atoms with Crippen LogP contribution in [0.15, 0.2) is 53.6 Å². The lowest BCUT2D eigenvalue weighted by atomic mass is 10.1. The molecule has 2 aromatic carbocycles. The van der Waals surface area contributed by atoms with Gasteiger partial charge in [-0.15, -0.1) is 0 Å². The van der Waals surface area contributed by atoms with Gasteiger partial charge in [0.1, 0.15) is 0 Å². The van der Waals surface area contributed by atoms with Gasteiger partial charge in [0.25, 0.3) is 5.69 Å². The van der Waals surface area contributed by atoms with Crippen LogP contribution in [-0.4, -0.2) is 10.1 Å². The molecule has 9 heteroatoms. The first-order chi connectivity index (χ1) is 10.8. The Hall–Kier alpha value is -2.61. The SMILES string of the molecule is O=[N+]([O-])c1ccc(C(Cl)=NNc2ccccc2)c(C(F)(F)F)c1. The smallest absolute Gasteiger partial charge is 0.277 e. The molecule has 0 heterocycles. The second kappa shape index (κ2) is 6.66. The fourth-order valence-electron chi connectivity index (χ4n) is 1.75. The molecule has 0 aliphatic rings. The summed E-state index contributed by atoms with van der Waals surface area (Å²) in [6, 6.07) is 10.7. The Balaban J connectivity index is 2.39. The maximum absolute atomic E-state index is 13.1. The van der Waals surface area contributed by atoms with Gasteiger partial charge >= 0.3 is 6.18 Å². The summed E-state index contributed by atoms with van der Waals surface area (Å²) < 4.78 is 39.2. The van der Waals surface area contributed by atoms with E-state index < -0.39 is 33.1 Å². The van der Waals surface area contributed by atoms with E-state index in [0.29, 0.717) is 11.8 Å². The first-order valence-corrected chi connectivity index (χ1v) is 6.57. The zero-order chi connectivity index (χ0) is 17.0. The lowest BCUT2D eigenvalue weighted by molar-refractivity contribution is -0.385. The van der Waals surface area contributed by atoms with E-state index in [9.17, 15) is 23.3 Å². The van der Waals surface area contributed by atoms with Crippen LogP contribution < -0.4 is 5.43 Å². The van der Waals surface area contributed by atoms with Crippen LogP contribution in [0, 0.1) is 10.1 Å². The normalized spacial score (nSPS) is 12.1. The topological polar surface area (TPSA) is 67.5 Å². The molecule has 0 aliphatic heterocycles. The predicted molar refractivity (Wildman–Crippen MR) is 80.6 cm³/mol. The second-order valence-electron chi connectivity index (χ2n) is 4.37. The highest BCUT2D eigenvalue weighted by Crippen LogP contribution is 2.35. The molecule has 1 N–H and O–H groups in total. The molecule has 0 saturated carbocycles. The van der Waals surface area contributed by atoms with Crippen LogP contribution in [0.3, 0.4) is 0 Å². The van der Waals surface area contributed by atoms with Crippen molar-refractivity contribution in [3.05, 3.63) is 69.8 Å². The minimum absolute atomic E-state index is 0.426. The van der Waals surface area contributed by atoms with Gasteiger partial charge in [-0.05, 0) is 18.2 Å². The molecule has 0 saturated heterocycles. The lowest BCUT2D eigenvalue weighted by Gasteiger charge is -2.11. The first kappa shape index (κ1) is 16.8. The van der Waals surface area contributed by atoms with Crippen molar-refractivity contribution < 1.29 is 18.1 Å². The molecule has 0 fully saturated rings. The molecule has 0 unspecified atom stereocenters. The van der Waals surface area contributed by atoms with E-state index in [-0.39, 0.29) is 0 Å². The van der Waals surface area contributed by atoms with Crippen LogP contribution in [0.4, 0.5) is 24.5 Å². The van der Waals surface area contributed by atoms with Crippen molar-refractivity contribution in [2.24, 2.45) is 5.10 Å². The summed E-state index contributed by atoms with van der Waals surface area (Å²) in [5.41, 5.74) is 0.686. The monoisotopic (exact) mass is 343 g/mol. The van der Waals surface area contributed by atoms with Crippen LogP contribution in [-0.2, 0) is 6.18 Å². The van der Waals surface area contributed by atoms with E-state index >= 15 is 0 Å². The zero-order valence-electron chi connectivity index (χ0n) is 11.3. The molecule has 0 radical (unpaired) electrons. The maximum atomic E-state index is 13.1. The minimum Gasteiger partial charge on any atom is -0.277 e. The van der Waals surface area contributed by atoms with Gasteiger partial charge in [-0.1, -0.05) is 29.8 Å². The summed E-state index contributed by atoms with van der Waals surface area (Å²) in [4.78, 5) is 9.72. The van der Waals surface area contributed by atoms with E-state index in [1.165, 1.54) is 0 Å². The fraction of sp³-hybridized carbons (Fsp3) is 0.0714. The van der Waals surface area contributed by atoms with Gasteiger partial charge in [-0.25, -0.2) is 0 Å². The summed E-state index contributed by atoms with van der Waals surface area (Å²) in [6.07, 6.45) is -4.80. The number of anilines is 1. The summed E-state index contributed by atoms with van der Waals surface area (Å²) in [5, 5.41) is 13.8. The number of hydrogen-bond acceptors (Lipinski definition) is 4. The van der Waals surface area contributed by atoms with Crippen molar-refractivity contribution in [3.63, 3.8) is 0 Å². The van der Waals surface area contributed by atoms with Gasteiger partial charge < -0.3 is 0 Å². The molecular weight excluding hydrogens is 335 g/mol. The molecule has 0 aromatic heterocycles. The van der Waals surface area contributed by atoms with Crippen molar-refractivity contribution >= 4 is 28.1 Å². The summed E-state index contributed by atoms with van der Waals surface area (Å²) in [6.45, 7) is 0. The zero-order valence-corrected chi connectivity index (χ0v) is 12.1. The van der Waals surface area contributed by atoms with Crippen LogP contribution in [0.1, 0.15) is 11.1 Å². The van der Waals surface area contributed by atoms with Crippen molar-refractivity contribution in [2.75, 3.05) is 5.43 Å². The van der Waals surface area contributed by atoms with Gasteiger partial charge in [-0.2, -0.15) is 18.3 Å². The van der Waals surface area contributed by atoms with Crippen LogP contribution in [0.25, 0.3) is 0 Å². The first-order valence-electron chi connectivity index (χ1n) is 6.19. The highest BCUT2D eigenvalue weighted by molar-refractivity contribution is 6.69. The molecule has 0 amide bonds. The van der Waals surface area contributed by atoms with E-state index in [2.05, 4.69) is 10.5 Å². The van der Waals surface area contributed by atoms with Gasteiger partial charge in [-0.3, -0.25) is 15.5 Å². The van der Waals surface area contributed by atoms with Crippen LogP contribution in [0.2, 0.25) is 0 Å². The molecule has 0 atom stereocenters. The van der Waals surface area contributed by atoms with E-state index in [4.69, 9.17) is 11.6 Å². The molecule has 23 heavy (non-hydrogen) atoms. The Morgan fingerprint density at radius 2 is 1.83 bits per heavy atom. The van der Waals surface area contributed by atoms with Crippen LogP contribution in [0.5, 0.6) is 0 Å². The number of para-hydroxylation sites is 1. The average Bonchev–Trinajstić information content (AvgIpc) is 2.52. The molecule has 0 aliphatic carbocycles. The molecule has 0 bridgehead atoms. The summed E-state index contributed by atoms with van der Waals surface area (Å²) in [5.74, 6) is 0. The standard InChI is InChI=1S/C14H9ClF3N3O2/c15-13(20-19-9-4-2-1-3-5-9)11-7-6-10(21(22)23)8-12(11)14(16,17)18/h1-8,19H. The number of halogens is 4. The third-order valence-electron chi connectivity index (χ3n) is 2.80. The Morgan fingerprint density at radius 3 is 2.39 bits per heavy atom. The molecular formula is C14H9ClF3N3O2. The van der Waals surface area contributed by atoms with Crippen molar-refractivity contribution in [1.82, 2.24) is 0 Å². The Labute approximate surface area is 133 Å². The van der Waals surface area contributed by atoms with Crippen molar-refractivity contribution in [1.29, 1.82) is 0 Å². The van der Waals surface area contributed by atoms with E-state index in [1.54, 1.807) is 30.3 Å². The molecule has 0 spiro atoms. The highest BCUT2D eigenvalue weighted by atomic mass is 35.5. The Morgan fingerprint density at radius 1 is 1.17 bits per heavy atom. The number of nitrogens with one attached hydrogen (secondary N) is 1. The summed E-state index contributed by atoms with van der Waals surface area (Å²) in [7, 11) is 0. The van der Waals surface area contributed by atoms with E-state index in [0.717, 1.165) is 12.1 Å². The Kier molecular flexibility index (Phi) is 4.85. The fourth-order valence-corrected chi connectivity index (χ4v) is 1.95. The van der Waals surface area contributed by atoms with Crippen molar-refractivity contribution in [3.8, 4) is 0 Å². The number of hydrogen-bond donors (Lipinski definition) is 1. The maximum Gasteiger partial charge on any atom is 0.417 e. The third-order valence-corrected chi connectivity index (χ3v) is 3.09. The largest absolute Gasteiger partial charge is 0.417 e. The number of rotatable bonds is 4. The predicted octanol–water partition coefficient (Wildman–Crippen LogP) is 4.63. The van der Waals surface area contributed by atoms with Gasteiger partial charge in [0.2, 0.25) is 0 Å². The molecule has 5 nitrogen and oxygen atoms in total. The number of non-ortho nitro benzene ring substituents is 1. The third kappa shape index (κ3) is 4.19. The quantitative estimate of drug-likeness (QED) is 0.500. The average molecular weight is 344 g/mol. The number of nitro groups is 1. The van der Waals surface area contributed by atoms with Crippen molar-refractivity contribution in [2.45, 2.75) is 6.18 Å². The number of hydrazone groups is 1. The second-order valence-corrected chi connectivity index (χ2v) is 4.72. The van der Waals surface area contributed by atoms with Gasteiger partial charge in [0.15, 0.2) is 5.17 Å². The Bertz CT molecular complexity index is 749. The molecule has 2 aromatic rings.